The number of hydrogen-bond donors (Lipinski definition) is 1. The minimum Gasteiger partial charge on any atom is -0.328 e. The lowest BCUT2D eigenvalue weighted by molar-refractivity contribution is -0.898. The molecule has 120 valence electrons. The van der Waals surface area contributed by atoms with Crippen LogP contribution < -0.4 is 4.90 Å². The van der Waals surface area contributed by atoms with E-state index in [-0.39, 0.29) is 10.6 Å². The number of piperazine rings is 1. The van der Waals surface area contributed by atoms with E-state index >= 15 is 0 Å². The van der Waals surface area contributed by atoms with Gasteiger partial charge in [0.15, 0.2) is 0 Å². The number of hydrogen-bond acceptors (Lipinski definition) is 4. The number of nitrogens with zero attached hydrogens (tertiary/aromatic N) is 2. The average Bonchev–Trinajstić information content (AvgIpc) is 2.47. The second kappa shape index (κ2) is 6.74. The average molecular weight is 347 g/mol. The number of nitro groups is 1. The molecule has 0 spiro atoms. The van der Waals surface area contributed by atoms with Gasteiger partial charge in [-0.3, -0.25) is 10.1 Å². The highest BCUT2D eigenvalue weighted by molar-refractivity contribution is 7.89. The molecule has 9 heteroatoms. The molecule has 22 heavy (non-hydrogen) atoms. The summed E-state index contributed by atoms with van der Waals surface area (Å²) in [5, 5.41) is 11.3. The molecule has 0 unspecified atom stereocenters. The van der Waals surface area contributed by atoms with E-state index < -0.39 is 14.9 Å². The van der Waals surface area contributed by atoms with Crippen LogP contribution in [0.3, 0.4) is 0 Å². The van der Waals surface area contributed by atoms with Gasteiger partial charge in [-0.25, -0.2) is 8.42 Å². The van der Waals surface area contributed by atoms with Gasteiger partial charge in [0.25, 0.3) is 5.69 Å². The van der Waals surface area contributed by atoms with E-state index in [1.54, 1.807) is 0 Å². The van der Waals surface area contributed by atoms with E-state index in [4.69, 9.17) is 11.6 Å². The Morgan fingerprint density at radius 2 is 2.05 bits per heavy atom. The van der Waals surface area contributed by atoms with Crippen molar-refractivity contribution < 1.29 is 18.2 Å². The minimum atomic E-state index is -3.71. The third kappa shape index (κ3) is 3.83. The summed E-state index contributed by atoms with van der Waals surface area (Å²) in [6.45, 7) is 6.20. The van der Waals surface area contributed by atoms with Gasteiger partial charge in [0.2, 0.25) is 10.0 Å². The zero-order valence-corrected chi connectivity index (χ0v) is 13.4. The molecular formula is C13H17ClN3O4S+. The number of quaternary nitrogens is 1. The van der Waals surface area contributed by atoms with E-state index in [1.807, 2.05) is 0 Å². The van der Waals surface area contributed by atoms with Crippen LogP contribution in [0, 0.1) is 10.1 Å². The zero-order valence-electron chi connectivity index (χ0n) is 11.9. The van der Waals surface area contributed by atoms with Gasteiger partial charge in [0.1, 0.15) is 6.54 Å². The Labute approximate surface area is 134 Å². The number of halogens is 1. The van der Waals surface area contributed by atoms with Gasteiger partial charge in [0, 0.05) is 12.1 Å². The van der Waals surface area contributed by atoms with Crippen molar-refractivity contribution in [3.05, 3.63) is 46.0 Å². The normalized spacial score (nSPS) is 17.3. The Hall–Kier alpha value is -1.48. The largest absolute Gasteiger partial charge is 0.328 e. The molecule has 0 atom stereocenters. The molecule has 1 fully saturated rings. The molecule has 1 aliphatic heterocycles. The predicted octanol–water partition coefficient (Wildman–Crippen LogP) is 0.237. The fourth-order valence-electron chi connectivity index (χ4n) is 2.40. The van der Waals surface area contributed by atoms with Crippen molar-refractivity contribution in [2.45, 2.75) is 4.90 Å². The van der Waals surface area contributed by atoms with Gasteiger partial charge in [-0.15, -0.1) is 0 Å². The quantitative estimate of drug-likeness (QED) is 0.611. The Bertz CT molecular complexity index is 684. The van der Waals surface area contributed by atoms with Gasteiger partial charge in [0.05, 0.1) is 41.0 Å². The minimum absolute atomic E-state index is 0.0492. The lowest BCUT2D eigenvalue weighted by Gasteiger charge is -2.31. The van der Waals surface area contributed by atoms with Crippen molar-refractivity contribution in [1.29, 1.82) is 0 Å². The van der Waals surface area contributed by atoms with E-state index in [9.17, 15) is 18.5 Å². The molecule has 2 rings (SSSR count). The van der Waals surface area contributed by atoms with Crippen molar-refractivity contribution >= 4 is 27.3 Å². The summed E-state index contributed by atoms with van der Waals surface area (Å²) in [5.74, 6) is 0. The molecule has 1 saturated heterocycles. The fraction of sp³-hybridized carbons (Fsp3) is 0.385. The molecule has 0 radical (unpaired) electrons. The monoisotopic (exact) mass is 346 g/mol. The second-order valence-electron chi connectivity index (χ2n) is 5.10. The number of nitro benzene ring substituents is 1. The second-order valence-corrected chi connectivity index (χ2v) is 7.58. The van der Waals surface area contributed by atoms with Crippen LogP contribution in [0.1, 0.15) is 0 Å². The van der Waals surface area contributed by atoms with E-state index in [1.165, 1.54) is 27.4 Å². The van der Waals surface area contributed by atoms with Crippen LogP contribution in [0.2, 0.25) is 0 Å². The maximum atomic E-state index is 12.5. The Morgan fingerprint density at radius 1 is 1.41 bits per heavy atom. The molecule has 1 N–H and O–H groups in total. The van der Waals surface area contributed by atoms with Gasteiger partial charge in [-0.1, -0.05) is 24.2 Å². The molecule has 0 amide bonds. The van der Waals surface area contributed by atoms with E-state index in [0.717, 1.165) is 6.07 Å². The van der Waals surface area contributed by atoms with E-state index in [2.05, 4.69) is 6.58 Å². The van der Waals surface area contributed by atoms with Crippen molar-refractivity contribution in [2.24, 2.45) is 0 Å². The summed E-state index contributed by atoms with van der Waals surface area (Å²) < 4.78 is 26.4. The van der Waals surface area contributed by atoms with Crippen molar-refractivity contribution in [3.63, 3.8) is 0 Å². The lowest BCUT2D eigenvalue weighted by atomic mass is 10.3. The molecule has 1 aliphatic rings. The molecule has 7 nitrogen and oxygen atoms in total. The number of benzene rings is 1. The van der Waals surface area contributed by atoms with Crippen LogP contribution >= 0.6 is 11.6 Å². The topological polar surface area (TPSA) is 85.0 Å². The number of rotatable bonds is 5. The summed E-state index contributed by atoms with van der Waals surface area (Å²) in [6, 6.07) is 5.12. The SMILES string of the molecule is C=C(Cl)C[NH+]1CCN(S(=O)(=O)c2cccc([N+](=O)[O-])c2)CC1. The van der Waals surface area contributed by atoms with Crippen LogP contribution in [0.4, 0.5) is 5.69 Å². The fourth-order valence-corrected chi connectivity index (χ4v) is 4.07. The van der Waals surface area contributed by atoms with Crippen molar-refractivity contribution in [1.82, 2.24) is 4.31 Å². The summed E-state index contributed by atoms with van der Waals surface area (Å²) >= 11 is 5.77. The summed E-state index contributed by atoms with van der Waals surface area (Å²) in [5.41, 5.74) is -0.233. The van der Waals surface area contributed by atoms with Crippen molar-refractivity contribution in [3.8, 4) is 0 Å². The molecule has 0 saturated carbocycles. The number of sulfonamides is 1. The molecule has 0 bridgehead atoms. The van der Waals surface area contributed by atoms with Gasteiger partial charge < -0.3 is 4.90 Å². The van der Waals surface area contributed by atoms with Crippen LogP contribution in [-0.4, -0.2) is 50.4 Å². The standard InChI is InChI=1S/C13H16ClN3O4S/c1-11(14)10-15-5-7-16(8-6-15)22(20,21)13-4-2-3-12(9-13)17(18)19/h2-4,9H,1,5-8,10H2/p+1. The smallest absolute Gasteiger partial charge is 0.270 e. The molecule has 1 aromatic rings. The first-order chi connectivity index (χ1) is 10.3. The van der Waals surface area contributed by atoms with Crippen LogP contribution in [0.5, 0.6) is 0 Å². The molecule has 0 aromatic heterocycles. The first-order valence-corrected chi connectivity index (χ1v) is 8.54. The highest BCUT2D eigenvalue weighted by Crippen LogP contribution is 2.20. The van der Waals surface area contributed by atoms with Gasteiger partial charge in [-0.05, 0) is 6.07 Å². The third-order valence-electron chi connectivity index (χ3n) is 3.54. The maximum Gasteiger partial charge on any atom is 0.270 e. The van der Waals surface area contributed by atoms with Crippen molar-refractivity contribution in [2.75, 3.05) is 32.7 Å². The maximum absolute atomic E-state index is 12.5. The summed E-state index contributed by atoms with van der Waals surface area (Å²) in [6.07, 6.45) is 0. The van der Waals surface area contributed by atoms with Gasteiger partial charge in [-0.2, -0.15) is 4.31 Å². The lowest BCUT2D eigenvalue weighted by Crippen LogP contribution is -3.14. The van der Waals surface area contributed by atoms with Crippen LogP contribution in [0.25, 0.3) is 0 Å². The van der Waals surface area contributed by atoms with Crippen LogP contribution in [-0.2, 0) is 10.0 Å². The van der Waals surface area contributed by atoms with Gasteiger partial charge >= 0.3 is 0 Å². The summed E-state index contributed by atoms with van der Waals surface area (Å²) in [7, 11) is -3.71. The first kappa shape index (κ1) is 16.9. The first-order valence-electron chi connectivity index (χ1n) is 6.72. The Balaban J connectivity index is 2.13. The zero-order chi connectivity index (χ0) is 16.3. The Kier molecular flexibility index (Phi) is 5.17. The van der Waals surface area contributed by atoms with Crippen LogP contribution in [0.15, 0.2) is 40.8 Å². The molecule has 1 heterocycles. The highest BCUT2D eigenvalue weighted by atomic mass is 35.5. The number of nitrogens with one attached hydrogen (secondary N) is 1. The molecule has 0 aliphatic carbocycles. The summed E-state index contributed by atoms with van der Waals surface area (Å²) in [4.78, 5) is 11.3. The highest BCUT2D eigenvalue weighted by Gasteiger charge is 2.31. The predicted molar refractivity (Wildman–Crippen MR) is 82.4 cm³/mol. The third-order valence-corrected chi connectivity index (χ3v) is 5.57. The number of non-ortho nitro benzene ring substituents is 1. The molecular weight excluding hydrogens is 330 g/mol. The Morgan fingerprint density at radius 3 is 2.59 bits per heavy atom. The molecule has 1 aromatic carbocycles. The van der Waals surface area contributed by atoms with E-state index in [0.29, 0.717) is 37.8 Å².